The molecule has 0 radical (unpaired) electrons. The van der Waals surface area contributed by atoms with Gasteiger partial charge in [-0.15, -0.1) is 0 Å². The van der Waals surface area contributed by atoms with E-state index in [0.717, 1.165) is 17.4 Å². The fraction of sp³-hybridized carbons (Fsp3) is 0.417. The van der Waals surface area contributed by atoms with Crippen LogP contribution in [-0.2, 0) is 6.42 Å². The van der Waals surface area contributed by atoms with Gasteiger partial charge in [0.2, 0.25) is 0 Å². The summed E-state index contributed by atoms with van der Waals surface area (Å²) in [5.74, 6) is 0.603. The van der Waals surface area contributed by atoms with Gasteiger partial charge < -0.3 is 10.1 Å². The molecule has 1 heterocycles. The van der Waals surface area contributed by atoms with Gasteiger partial charge in [-0.25, -0.2) is 4.79 Å². The van der Waals surface area contributed by atoms with Gasteiger partial charge in [0.05, 0.1) is 20.6 Å². The summed E-state index contributed by atoms with van der Waals surface area (Å²) in [4.78, 5) is 11.1. The third kappa shape index (κ3) is 1.88. The molecule has 0 unspecified atom stereocenters. The monoisotopic (exact) mass is 221 g/mol. The quantitative estimate of drug-likeness (QED) is 0.730. The first kappa shape index (κ1) is 11.0. The summed E-state index contributed by atoms with van der Waals surface area (Å²) in [6.45, 7) is 1.10. The van der Waals surface area contributed by atoms with Gasteiger partial charge in [-0.05, 0) is 12.1 Å². The maximum atomic E-state index is 11.1. The fourth-order valence-corrected chi connectivity index (χ4v) is 2.06. The number of likely N-dealkylation sites (N-methyl/N-ethyl adjacent to an activating group) is 1. The predicted octanol–water partition coefficient (Wildman–Crippen LogP) is 1.53. The number of quaternary nitrogens is 1. The molecule has 0 aliphatic carbocycles. The first-order chi connectivity index (χ1) is 7.53. The van der Waals surface area contributed by atoms with Crippen molar-refractivity contribution in [3.05, 3.63) is 23.8 Å². The van der Waals surface area contributed by atoms with Crippen molar-refractivity contribution in [2.75, 3.05) is 27.7 Å². The second-order valence-corrected chi connectivity index (χ2v) is 4.59. The molecule has 1 aliphatic rings. The molecule has 0 fully saturated rings. The van der Waals surface area contributed by atoms with Crippen molar-refractivity contribution >= 4 is 11.8 Å². The molecule has 1 aromatic carbocycles. The van der Waals surface area contributed by atoms with Crippen molar-refractivity contribution in [1.82, 2.24) is 9.80 Å². The molecule has 0 atom stereocenters. The molecule has 0 aromatic heterocycles. The Hall–Kier alpha value is -1.55. The van der Waals surface area contributed by atoms with Crippen LogP contribution in [0.2, 0.25) is 0 Å². The summed E-state index contributed by atoms with van der Waals surface area (Å²) in [5.41, 5.74) is 2.58. The number of fused-ring (bicyclic) bond motifs is 1. The highest BCUT2D eigenvalue weighted by Crippen LogP contribution is 2.34. The topological polar surface area (TPSA) is 38.3 Å². The maximum absolute atomic E-state index is 11.1. The van der Waals surface area contributed by atoms with Crippen LogP contribution in [0.5, 0.6) is 5.75 Å². The summed E-state index contributed by atoms with van der Waals surface area (Å²) in [6, 6.07) is 5.84. The molecule has 0 saturated carbocycles. The molecule has 4 heteroatoms. The summed E-state index contributed by atoms with van der Waals surface area (Å²) in [7, 11) is 5.88. The smallest absolute Gasteiger partial charge is 0.410 e. The van der Waals surface area contributed by atoms with Crippen molar-refractivity contribution in [3.63, 3.8) is 0 Å². The standard InChI is InChI=1S/C12H16N2O2/c1-13-12(15)16-10-5-4-9-6-7-14(2,3)11(9)8-10/h4-5,8H,6-7H2,1-3H3/p+1. The lowest BCUT2D eigenvalue weighted by atomic mass is 10.1. The largest absolute Gasteiger partial charge is 0.412 e. The predicted molar refractivity (Wildman–Crippen MR) is 63.7 cm³/mol. The molecule has 16 heavy (non-hydrogen) atoms. The van der Waals surface area contributed by atoms with E-state index in [0.29, 0.717) is 5.75 Å². The van der Waals surface area contributed by atoms with E-state index < -0.39 is 6.09 Å². The Morgan fingerprint density at radius 3 is 2.88 bits per heavy atom. The summed E-state index contributed by atoms with van der Waals surface area (Å²) in [6.07, 6.45) is 0.658. The number of ether oxygens (including phenoxy) is 1. The minimum Gasteiger partial charge on any atom is -0.410 e. The zero-order valence-corrected chi connectivity index (χ0v) is 9.91. The van der Waals surface area contributed by atoms with Crippen molar-refractivity contribution in [1.29, 1.82) is 0 Å². The molecule has 2 rings (SSSR count). The van der Waals surface area contributed by atoms with E-state index in [9.17, 15) is 4.79 Å². The maximum Gasteiger partial charge on any atom is 0.412 e. The molecule has 0 bridgehead atoms. The second-order valence-electron chi connectivity index (χ2n) is 4.59. The second kappa shape index (κ2) is 3.79. The fourth-order valence-electron chi connectivity index (χ4n) is 2.06. The summed E-state index contributed by atoms with van der Waals surface area (Å²) in [5, 5.41) is 2.44. The van der Waals surface area contributed by atoms with Crippen LogP contribution in [0.3, 0.4) is 0 Å². The van der Waals surface area contributed by atoms with Gasteiger partial charge >= 0.3 is 6.09 Å². The molecular weight excluding hydrogens is 204 g/mol. The average molecular weight is 221 g/mol. The lowest BCUT2D eigenvalue weighted by Crippen LogP contribution is -2.37. The normalized spacial score (nSPS) is 16.7. The Labute approximate surface area is 95.4 Å². The average Bonchev–Trinajstić information content (AvgIpc) is 2.55. The first-order valence-electron chi connectivity index (χ1n) is 5.39. The Kier molecular flexibility index (Phi) is 2.59. The van der Waals surface area contributed by atoms with Crippen LogP contribution in [0.15, 0.2) is 18.2 Å². The van der Waals surface area contributed by atoms with Gasteiger partial charge in [-0.1, -0.05) is 0 Å². The minimum atomic E-state index is -0.428. The number of hydrogen-bond donors (Lipinski definition) is 1. The highest BCUT2D eigenvalue weighted by molar-refractivity contribution is 5.71. The Balaban J connectivity index is 2.29. The summed E-state index contributed by atoms with van der Waals surface area (Å²) >= 11 is 0. The zero-order valence-electron chi connectivity index (χ0n) is 9.91. The third-order valence-corrected chi connectivity index (χ3v) is 3.06. The lowest BCUT2D eigenvalue weighted by Gasteiger charge is -2.23. The number of nitrogens with zero attached hydrogens (tertiary/aromatic N) is 1. The summed E-state index contributed by atoms with van der Waals surface area (Å²) < 4.78 is 5.97. The molecule has 1 aliphatic heterocycles. The van der Waals surface area contributed by atoms with Crippen LogP contribution in [0.25, 0.3) is 0 Å². The molecule has 0 spiro atoms. The van der Waals surface area contributed by atoms with Gasteiger partial charge in [0.15, 0.2) is 0 Å². The molecule has 1 amide bonds. The van der Waals surface area contributed by atoms with Crippen LogP contribution in [0, 0.1) is 0 Å². The van der Waals surface area contributed by atoms with Crippen molar-refractivity contribution in [2.45, 2.75) is 6.42 Å². The van der Waals surface area contributed by atoms with E-state index in [2.05, 4.69) is 19.4 Å². The molecule has 86 valence electrons. The Morgan fingerprint density at radius 2 is 2.19 bits per heavy atom. The number of hydrogen-bond acceptors (Lipinski definition) is 2. The van der Waals surface area contributed by atoms with Crippen LogP contribution < -0.4 is 14.5 Å². The number of rotatable bonds is 1. The Morgan fingerprint density at radius 1 is 1.44 bits per heavy atom. The SMILES string of the molecule is CNC(=O)Oc1ccc2c(c1)[N+](C)(C)CC2. The van der Waals surface area contributed by atoms with Crippen molar-refractivity contribution in [3.8, 4) is 5.75 Å². The molecular formula is C12H17N2O2+. The highest BCUT2D eigenvalue weighted by atomic mass is 16.5. The van der Waals surface area contributed by atoms with Crippen LogP contribution in [0.4, 0.5) is 10.5 Å². The molecule has 0 saturated heterocycles. The van der Waals surface area contributed by atoms with Gasteiger partial charge in [-0.2, -0.15) is 0 Å². The van der Waals surface area contributed by atoms with Crippen molar-refractivity contribution in [2.24, 2.45) is 0 Å². The van der Waals surface area contributed by atoms with Gasteiger partial charge in [0.25, 0.3) is 0 Å². The van der Waals surface area contributed by atoms with Crippen LogP contribution in [-0.4, -0.2) is 33.8 Å². The van der Waals surface area contributed by atoms with E-state index in [4.69, 9.17) is 4.74 Å². The highest BCUT2D eigenvalue weighted by Gasteiger charge is 2.30. The van der Waals surface area contributed by atoms with Crippen LogP contribution >= 0.6 is 0 Å². The van der Waals surface area contributed by atoms with E-state index in [1.807, 2.05) is 18.2 Å². The number of carbonyl (C=O) groups excluding carboxylic acids is 1. The van der Waals surface area contributed by atoms with Crippen LogP contribution in [0.1, 0.15) is 5.56 Å². The van der Waals surface area contributed by atoms with E-state index >= 15 is 0 Å². The Bertz CT molecular complexity index is 427. The van der Waals surface area contributed by atoms with Gasteiger partial charge in [0.1, 0.15) is 11.4 Å². The van der Waals surface area contributed by atoms with Gasteiger partial charge in [0, 0.05) is 25.1 Å². The molecule has 4 nitrogen and oxygen atoms in total. The molecule has 1 aromatic rings. The number of nitrogens with one attached hydrogen (secondary N) is 1. The van der Waals surface area contributed by atoms with Crippen molar-refractivity contribution < 1.29 is 9.53 Å². The molecule has 1 N–H and O–H groups in total. The third-order valence-electron chi connectivity index (χ3n) is 3.06. The number of amides is 1. The first-order valence-corrected chi connectivity index (χ1v) is 5.39. The lowest BCUT2D eigenvalue weighted by molar-refractivity contribution is 0.203. The van der Waals surface area contributed by atoms with E-state index in [-0.39, 0.29) is 0 Å². The number of carbonyl (C=O) groups is 1. The van der Waals surface area contributed by atoms with E-state index in [1.54, 1.807) is 7.05 Å². The number of benzene rings is 1. The minimum absolute atomic E-state index is 0.428. The van der Waals surface area contributed by atoms with E-state index in [1.165, 1.54) is 11.3 Å². The zero-order chi connectivity index (χ0) is 11.8. The van der Waals surface area contributed by atoms with Gasteiger partial charge in [-0.3, -0.25) is 4.48 Å².